The third-order valence-corrected chi connectivity index (χ3v) is 2.52. The van der Waals surface area contributed by atoms with Gasteiger partial charge in [0.2, 0.25) is 0 Å². The standard InChI is InChI=1S/C9H20N2/c1-8(2)9-7-11(3,4)6-5-10-9/h8-9H,5-7H2,1-4H3/q+1. The zero-order chi connectivity index (χ0) is 8.48. The summed E-state index contributed by atoms with van der Waals surface area (Å²) in [6.07, 6.45) is 0. The molecule has 1 fully saturated rings. The molecular weight excluding hydrogens is 136 g/mol. The van der Waals surface area contributed by atoms with E-state index in [1.54, 1.807) is 0 Å². The Bertz CT molecular complexity index is 130. The Hall–Kier alpha value is -0.0800. The van der Waals surface area contributed by atoms with Gasteiger partial charge in [-0.05, 0) is 5.92 Å². The quantitative estimate of drug-likeness (QED) is 0.496. The minimum atomic E-state index is 0.596. The molecule has 0 aromatic carbocycles. The average Bonchev–Trinajstić information content (AvgIpc) is 1.85. The van der Waals surface area contributed by atoms with Crippen LogP contribution in [0, 0.1) is 5.92 Å². The van der Waals surface area contributed by atoms with Crippen molar-refractivity contribution in [3.8, 4) is 0 Å². The van der Waals surface area contributed by atoms with Gasteiger partial charge in [0.25, 0.3) is 0 Å². The Morgan fingerprint density at radius 2 is 2.00 bits per heavy atom. The molecule has 0 amide bonds. The number of hydrogen-bond acceptors (Lipinski definition) is 0. The molecule has 0 aromatic heterocycles. The van der Waals surface area contributed by atoms with E-state index in [2.05, 4.69) is 33.3 Å². The molecule has 0 aliphatic carbocycles. The van der Waals surface area contributed by atoms with Crippen molar-refractivity contribution < 1.29 is 4.48 Å². The predicted octanol–water partition coefficient (Wildman–Crippen LogP) is 0.705. The lowest BCUT2D eigenvalue weighted by Crippen LogP contribution is -2.57. The summed E-state index contributed by atoms with van der Waals surface area (Å²) in [5.74, 6) is 0.715. The van der Waals surface area contributed by atoms with Crippen LogP contribution in [0.1, 0.15) is 13.8 Å². The van der Waals surface area contributed by atoms with Crippen molar-refractivity contribution in [2.75, 3.05) is 33.7 Å². The van der Waals surface area contributed by atoms with Crippen LogP contribution in [-0.4, -0.2) is 44.3 Å². The fraction of sp³-hybridized carbons (Fsp3) is 1.00. The van der Waals surface area contributed by atoms with Gasteiger partial charge in [0, 0.05) is 0 Å². The summed E-state index contributed by atoms with van der Waals surface area (Å²) < 4.78 is 1.15. The molecule has 2 nitrogen and oxygen atoms in total. The van der Waals surface area contributed by atoms with Crippen LogP contribution in [0.25, 0.3) is 0 Å². The van der Waals surface area contributed by atoms with Crippen LogP contribution in [0.3, 0.4) is 0 Å². The van der Waals surface area contributed by atoms with E-state index in [9.17, 15) is 0 Å². The van der Waals surface area contributed by atoms with E-state index >= 15 is 0 Å². The molecule has 0 N–H and O–H groups in total. The molecule has 1 radical (unpaired) electrons. The molecule has 0 spiro atoms. The number of nitrogens with zero attached hydrogens (tertiary/aromatic N) is 2. The number of piperazine rings is 1. The number of quaternary nitrogens is 1. The minimum Gasteiger partial charge on any atom is -0.326 e. The highest BCUT2D eigenvalue weighted by Crippen LogP contribution is 2.12. The van der Waals surface area contributed by atoms with E-state index in [4.69, 9.17) is 0 Å². The van der Waals surface area contributed by atoms with E-state index in [1.165, 1.54) is 13.1 Å². The number of likely N-dealkylation sites (N-methyl/N-ethyl adjacent to an activating group) is 1. The summed E-state index contributed by atoms with van der Waals surface area (Å²) >= 11 is 0. The van der Waals surface area contributed by atoms with Crippen LogP contribution in [0.5, 0.6) is 0 Å². The Labute approximate surface area is 70.2 Å². The van der Waals surface area contributed by atoms with Gasteiger partial charge in [-0.2, -0.15) is 0 Å². The maximum atomic E-state index is 4.61. The van der Waals surface area contributed by atoms with Gasteiger partial charge in [-0.3, -0.25) is 0 Å². The van der Waals surface area contributed by atoms with Gasteiger partial charge in [0.1, 0.15) is 0 Å². The molecule has 1 aliphatic rings. The predicted molar refractivity (Wildman–Crippen MR) is 47.5 cm³/mol. The van der Waals surface area contributed by atoms with Crippen LogP contribution >= 0.6 is 0 Å². The van der Waals surface area contributed by atoms with Crippen LogP contribution in [0.4, 0.5) is 0 Å². The SMILES string of the molecule is CC(C)C1C[N+](C)(C)CC[N]1. The molecule has 1 atom stereocenters. The van der Waals surface area contributed by atoms with E-state index in [1.807, 2.05) is 0 Å². The van der Waals surface area contributed by atoms with Crippen molar-refractivity contribution in [1.29, 1.82) is 0 Å². The second-order valence-corrected chi connectivity index (χ2v) is 4.56. The minimum absolute atomic E-state index is 0.596. The van der Waals surface area contributed by atoms with Crippen molar-refractivity contribution in [3.05, 3.63) is 0 Å². The first-order chi connectivity index (χ1) is 5.01. The fourth-order valence-corrected chi connectivity index (χ4v) is 1.57. The molecule has 2 heteroatoms. The molecule has 1 saturated heterocycles. The van der Waals surface area contributed by atoms with Crippen LogP contribution in [0.15, 0.2) is 0 Å². The topological polar surface area (TPSA) is 14.1 Å². The summed E-state index contributed by atoms with van der Waals surface area (Å²) in [6.45, 7) is 8.01. The van der Waals surface area contributed by atoms with Gasteiger partial charge >= 0.3 is 0 Å². The molecule has 0 saturated carbocycles. The zero-order valence-corrected chi connectivity index (χ0v) is 8.17. The van der Waals surface area contributed by atoms with Crippen molar-refractivity contribution in [2.24, 2.45) is 5.92 Å². The largest absolute Gasteiger partial charge is 0.326 e. The molecule has 11 heavy (non-hydrogen) atoms. The van der Waals surface area contributed by atoms with Gasteiger partial charge in [0.15, 0.2) is 0 Å². The molecular formula is C9H20N2+. The summed E-state index contributed by atoms with van der Waals surface area (Å²) in [5.41, 5.74) is 0. The maximum absolute atomic E-state index is 4.61. The van der Waals surface area contributed by atoms with Crippen LogP contribution in [0.2, 0.25) is 0 Å². The second kappa shape index (κ2) is 3.11. The van der Waals surface area contributed by atoms with Gasteiger partial charge in [-0.25, -0.2) is 5.32 Å². The highest BCUT2D eigenvalue weighted by atomic mass is 15.3. The molecule has 1 heterocycles. The Kier molecular flexibility index (Phi) is 2.55. The van der Waals surface area contributed by atoms with E-state index in [-0.39, 0.29) is 0 Å². The van der Waals surface area contributed by atoms with Gasteiger partial charge in [-0.1, -0.05) is 13.8 Å². The lowest BCUT2D eigenvalue weighted by molar-refractivity contribution is -0.895. The molecule has 1 rings (SSSR count). The van der Waals surface area contributed by atoms with Gasteiger partial charge in [0.05, 0.1) is 39.8 Å². The van der Waals surface area contributed by atoms with E-state index in [0.29, 0.717) is 12.0 Å². The van der Waals surface area contributed by atoms with Crippen molar-refractivity contribution in [2.45, 2.75) is 19.9 Å². The first-order valence-electron chi connectivity index (χ1n) is 4.50. The fourth-order valence-electron chi connectivity index (χ4n) is 1.57. The Morgan fingerprint density at radius 1 is 1.36 bits per heavy atom. The molecule has 1 aliphatic heterocycles. The third-order valence-electron chi connectivity index (χ3n) is 2.52. The molecule has 65 valence electrons. The normalized spacial score (nSPS) is 30.8. The third kappa shape index (κ3) is 2.46. The van der Waals surface area contributed by atoms with Crippen molar-refractivity contribution >= 4 is 0 Å². The first-order valence-corrected chi connectivity index (χ1v) is 4.50. The monoisotopic (exact) mass is 156 g/mol. The smallest absolute Gasteiger partial charge is 0.0957 e. The second-order valence-electron chi connectivity index (χ2n) is 4.56. The Balaban J connectivity index is 2.46. The van der Waals surface area contributed by atoms with Gasteiger partial charge < -0.3 is 4.48 Å². The average molecular weight is 156 g/mol. The van der Waals surface area contributed by atoms with E-state index in [0.717, 1.165) is 11.0 Å². The van der Waals surface area contributed by atoms with Crippen molar-refractivity contribution in [1.82, 2.24) is 5.32 Å². The molecule has 1 unspecified atom stereocenters. The lowest BCUT2D eigenvalue weighted by Gasteiger charge is -2.39. The van der Waals surface area contributed by atoms with Gasteiger partial charge in [-0.15, -0.1) is 0 Å². The number of rotatable bonds is 1. The molecule has 0 aromatic rings. The Morgan fingerprint density at radius 3 is 2.36 bits per heavy atom. The maximum Gasteiger partial charge on any atom is 0.0957 e. The van der Waals surface area contributed by atoms with Crippen LogP contribution in [-0.2, 0) is 0 Å². The number of hydrogen-bond donors (Lipinski definition) is 0. The molecule has 0 bridgehead atoms. The first kappa shape index (κ1) is 9.01. The van der Waals surface area contributed by atoms with Crippen LogP contribution < -0.4 is 5.32 Å². The summed E-state index contributed by atoms with van der Waals surface area (Å²) in [4.78, 5) is 0. The zero-order valence-electron chi connectivity index (χ0n) is 8.17. The van der Waals surface area contributed by atoms with E-state index < -0.39 is 0 Å². The highest BCUT2D eigenvalue weighted by molar-refractivity contribution is 4.72. The lowest BCUT2D eigenvalue weighted by atomic mass is 10.0. The van der Waals surface area contributed by atoms with Crippen molar-refractivity contribution in [3.63, 3.8) is 0 Å². The highest BCUT2D eigenvalue weighted by Gasteiger charge is 2.29. The summed E-state index contributed by atoms with van der Waals surface area (Å²) in [5, 5.41) is 4.61. The summed E-state index contributed by atoms with van der Waals surface area (Å²) in [7, 11) is 4.59. The summed E-state index contributed by atoms with van der Waals surface area (Å²) in [6, 6.07) is 0.596.